The van der Waals surface area contributed by atoms with Crippen molar-refractivity contribution >= 4 is 17.1 Å². The van der Waals surface area contributed by atoms with E-state index in [-0.39, 0.29) is 11.2 Å². The van der Waals surface area contributed by atoms with Gasteiger partial charge in [0.15, 0.2) is 11.2 Å². The molecule has 0 saturated heterocycles. The first-order valence-corrected chi connectivity index (χ1v) is 9.04. The summed E-state index contributed by atoms with van der Waals surface area (Å²) in [4.78, 5) is 31.0. The van der Waals surface area contributed by atoms with Gasteiger partial charge in [-0.2, -0.15) is 4.98 Å². The van der Waals surface area contributed by atoms with Gasteiger partial charge in [0.2, 0.25) is 5.95 Å². The van der Waals surface area contributed by atoms with Crippen LogP contribution >= 0.6 is 0 Å². The number of imidazole rings is 1. The number of benzene rings is 1. The standard InChI is InChI=1S/C19H26N6O2/c1-13-7-6-8-14(11-13)12-25-15-16(21-18(25)20-9-10-22(2)3)23(4)19(27)24(5)17(15)26/h6-8,11H,9-10,12H2,1-5H3,(H,20,21)/p+1. The van der Waals surface area contributed by atoms with Crippen molar-refractivity contribution in [3.63, 3.8) is 0 Å². The fourth-order valence-corrected chi connectivity index (χ4v) is 3.15. The van der Waals surface area contributed by atoms with Gasteiger partial charge in [-0.15, -0.1) is 0 Å². The summed E-state index contributed by atoms with van der Waals surface area (Å²) in [6.45, 7) is 4.17. The molecule has 0 amide bonds. The van der Waals surface area contributed by atoms with Gasteiger partial charge < -0.3 is 10.2 Å². The Balaban J connectivity index is 2.17. The van der Waals surface area contributed by atoms with Crippen molar-refractivity contribution in [2.24, 2.45) is 14.1 Å². The van der Waals surface area contributed by atoms with E-state index in [1.54, 1.807) is 7.05 Å². The monoisotopic (exact) mass is 371 g/mol. The van der Waals surface area contributed by atoms with Crippen molar-refractivity contribution in [1.82, 2.24) is 18.7 Å². The Hall–Kier alpha value is -2.87. The Morgan fingerprint density at radius 3 is 2.56 bits per heavy atom. The molecule has 0 aliphatic rings. The molecule has 8 nitrogen and oxygen atoms in total. The second-order valence-electron chi connectivity index (χ2n) is 7.27. The summed E-state index contributed by atoms with van der Waals surface area (Å²) in [5.74, 6) is 0.603. The first kappa shape index (κ1) is 18.9. The number of quaternary nitrogens is 1. The van der Waals surface area contributed by atoms with E-state index < -0.39 is 0 Å². The van der Waals surface area contributed by atoms with Crippen LogP contribution in [0.15, 0.2) is 33.9 Å². The molecule has 0 saturated carbocycles. The summed E-state index contributed by atoms with van der Waals surface area (Å²) in [6, 6.07) is 8.16. The number of hydrogen-bond acceptors (Lipinski definition) is 4. The SMILES string of the molecule is Cc1cccc(Cn2c(NCC[NH+](C)C)nc3c2c(=O)n(C)c(=O)n3C)c1. The molecule has 144 valence electrons. The van der Waals surface area contributed by atoms with Crippen LogP contribution in [-0.4, -0.2) is 45.9 Å². The average molecular weight is 371 g/mol. The number of aromatic nitrogens is 4. The highest BCUT2D eigenvalue weighted by Gasteiger charge is 2.19. The lowest BCUT2D eigenvalue weighted by Crippen LogP contribution is -3.06. The minimum absolute atomic E-state index is 0.334. The van der Waals surface area contributed by atoms with E-state index in [0.717, 1.165) is 22.2 Å². The number of nitrogens with zero attached hydrogens (tertiary/aromatic N) is 4. The Morgan fingerprint density at radius 2 is 1.89 bits per heavy atom. The minimum Gasteiger partial charge on any atom is -0.350 e. The van der Waals surface area contributed by atoms with Gasteiger partial charge in [-0.25, -0.2) is 4.79 Å². The first-order chi connectivity index (χ1) is 12.8. The van der Waals surface area contributed by atoms with Crippen molar-refractivity contribution in [1.29, 1.82) is 0 Å². The predicted molar refractivity (Wildman–Crippen MR) is 107 cm³/mol. The van der Waals surface area contributed by atoms with E-state index in [4.69, 9.17) is 0 Å². The zero-order chi connectivity index (χ0) is 19.7. The molecule has 2 N–H and O–H groups in total. The van der Waals surface area contributed by atoms with Gasteiger partial charge in [-0.3, -0.25) is 18.5 Å². The average Bonchev–Trinajstić information content (AvgIpc) is 2.96. The van der Waals surface area contributed by atoms with Gasteiger partial charge in [0.1, 0.15) is 0 Å². The van der Waals surface area contributed by atoms with E-state index in [1.807, 2.05) is 29.7 Å². The third kappa shape index (κ3) is 3.66. The van der Waals surface area contributed by atoms with Crippen molar-refractivity contribution in [2.45, 2.75) is 13.5 Å². The molecule has 3 aromatic rings. The predicted octanol–water partition coefficient (Wildman–Crippen LogP) is -0.653. The van der Waals surface area contributed by atoms with E-state index in [1.165, 1.54) is 16.5 Å². The summed E-state index contributed by atoms with van der Waals surface area (Å²) in [5.41, 5.74) is 2.35. The molecule has 0 spiro atoms. The van der Waals surface area contributed by atoms with Gasteiger partial charge in [-0.1, -0.05) is 29.8 Å². The number of nitrogens with one attached hydrogen (secondary N) is 2. The molecule has 0 atom stereocenters. The smallest absolute Gasteiger partial charge is 0.332 e. The van der Waals surface area contributed by atoms with Gasteiger partial charge >= 0.3 is 5.69 Å². The second kappa shape index (κ2) is 7.40. The molecule has 0 unspecified atom stereocenters. The molecule has 8 heteroatoms. The van der Waals surface area contributed by atoms with E-state index in [9.17, 15) is 9.59 Å². The quantitative estimate of drug-likeness (QED) is 0.604. The Bertz CT molecular complexity index is 1090. The number of hydrogen-bond donors (Lipinski definition) is 2. The first-order valence-electron chi connectivity index (χ1n) is 9.04. The molecule has 0 fully saturated rings. The van der Waals surface area contributed by atoms with Crippen molar-refractivity contribution in [2.75, 3.05) is 32.5 Å². The van der Waals surface area contributed by atoms with Gasteiger partial charge in [0, 0.05) is 14.1 Å². The normalized spacial score (nSPS) is 11.5. The molecule has 2 heterocycles. The Morgan fingerprint density at radius 1 is 1.15 bits per heavy atom. The summed E-state index contributed by atoms with van der Waals surface area (Å²) in [5, 5.41) is 3.33. The van der Waals surface area contributed by atoms with Crippen LogP contribution in [0.4, 0.5) is 5.95 Å². The van der Waals surface area contributed by atoms with Gasteiger partial charge in [0.25, 0.3) is 5.56 Å². The van der Waals surface area contributed by atoms with Crippen molar-refractivity contribution < 1.29 is 4.90 Å². The number of fused-ring (bicyclic) bond motifs is 1. The van der Waals surface area contributed by atoms with Crippen LogP contribution < -0.4 is 21.5 Å². The van der Waals surface area contributed by atoms with Crippen LogP contribution in [0, 0.1) is 6.92 Å². The van der Waals surface area contributed by atoms with E-state index >= 15 is 0 Å². The van der Waals surface area contributed by atoms with Gasteiger partial charge in [-0.05, 0) is 12.5 Å². The highest BCUT2D eigenvalue weighted by molar-refractivity contribution is 5.74. The Kier molecular flexibility index (Phi) is 5.18. The van der Waals surface area contributed by atoms with Crippen LogP contribution in [0.25, 0.3) is 11.2 Å². The fourth-order valence-electron chi connectivity index (χ4n) is 3.15. The molecule has 0 aliphatic heterocycles. The highest BCUT2D eigenvalue weighted by Crippen LogP contribution is 2.18. The van der Waals surface area contributed by atoms with Gasteiger partial charge in [0.05, 0.1) is 33.7 Å². The van der Waals surface area contributed by atoms with E-state index in [0.29, 0.717) is 30.2 Å². The Labute approximate surface area is 157 Å². The number of aryl methyl sites for hydroxylation is 2. The summed E-state index contributed by atoms with van der Waals surface area (Å²) in [6.07, 6.45) is 0. The molecule has 0 bridgehead atoms. The summed E-state index contributed by atoms with van der Waals surface area (Å²) >= 11 is 0. The maximum absolute atomic E-state index is 12.8. The molecule has 1 aromatic carbocycles. The zero-order valence-corrected chi connectivity index (χ0v) is 16.5. The van der Waals surface area contributed by atoms with E-state index in [2.05, 4.69) is 30.5 Å². The molecule has 3 rings (SSSR count). The summed E-state index contributed by atoms with van der Waals surface area (Å²) in [7, 11) is 7.30. The maximum atomic E-state index is 12.8. The van der Waals surface area contributed by atoms with Crippen LogP contribution in [0.3, 0.4) is 0 Å². The number of rotatable bonds is 6. The lowest BCUT2D eigenvalue weighted by molar-refractivity contribution is -0.856. The molecule has 27 heavy (non-hydrogen) atoms. The largest absolute Gasteiger partial charge is 0.350 e. The minimum atomic E-state index is -0.378. The lowest BCUT2D eigenvalue weighted by Gasteiger charge is -2.12. The lowest BCUT2D eigenvalue weighted by atomic mass is 10.1. The molecular formula is C19H27N6O2+. The topological polar surface area (TPSA) is 78.3 Å². The maximum Gasteiger partial charge on any atom is 0.332 e. The molecule has 0 aliphatic carbocycles. The fraction of sp³-hybridized carbons (Fsp3) is 0.421. The second-order valence-corrected chi connectivity index (χ2v) is 7.27. The molecule has 2 aromatic heterocycles. The van der Waals surface area contributed by atoms with Crippen LogP contribution in [0.5, 0.6) is 0 Å². The third-order valence-electron chi connectivity index (χ3n) is 4.68. The van der Waals surface area contributed by atoms with Crippen LogP contribution in [0.2, 0.25) is 0 Å². The third-order valence-corrected chi connectivity index (χ3v) is 4.68. The van der Waals surface area contributed by atoms with Crippen molar-refractivity contribution in [3.05, 3.63) is 56.2 Å². The van der Waals surface area contributed by atoms with Crippen LogP contribution in [0.1, 0.15) is 11.1 Å². The number of anilines is 1. The number of likely N-dealkylation sites (N-methyl/N-ethyl adjacent to an activating group) is 1. The summed E-state index contributed by atoms with van der Waals surface area (Å²) < 4.78 is 4.42. The zero-order valence-electron chi connectivity index (χ0n) is 16.5. The molecule has 0 radical (unpaired) electrons. The van der Waals surface area contributed by atoms with Crippen molar-refractivity contribution in [3.8, 4) is 0 Å². The highest BCUT2D eigenvalue weighted by atomic mass is 16.2. The van der Waals surface area contributed by atoms with Crippen LogP contribution in [-0.2, 0) is 20.6 Å². The molecular weight excluding hydrogens is 344 g/mol.